The average molecular weight is 363 g/mol. The van der Waals surface area contributed by atoms with E-state index in [1.165, 1.54) is 17.5 Å². The van der Waals surface area contributed by atoms with Gasteiger partial charge < -0.3 is 5.11 Å². The molecule has 2 rings (SSSR count). The molecule has 0 saturated carbocycles. The lowest BCUT2D eigenvalue weighted by molar-refractivity contribution is 0.282. The summed E-state index contributed by atoms with van der Waals surface area (Å²) in [4.78, 5) is 4.50. The summed E-state index contributed by atoms with van der Waals surface area (Å²) in [5, 5.41) is 10.9. The van der Waals surface area contributed by atoms with Crippen LogP contribution >= 0.6 is 27.3 Å². The Morgan fingerprint density at radius 1 is 1.53 bits per heavy atom. The van der Waals surface area contributed by atoms with Gasteiger partial charge in [0, 0.05) is 6.20 Å². The highest BCUT2D eigenvalue weighted by atomic mass is 79.9. The number of hydrogen-bond donors (Lipinski definition) is 2. The summed E-state index contributed by atoms with van der Waals surface area (Å²) < 4.78 is 27.6. The van der Waals surface area contributed by atoms with Crippen LogP contribution in [0.25, 0.3) is 0 Å². The van der Waals surface area contributed by atoms with Gasteiger partial charge >= 0.3 is 0 Å². The van der Waals surface area contributed by atoms with E-state index in [0.29, 0.717) is 14.9 Å². The van der Waals surface area contributed by atoms with Crippen molar-refractivity contribution in [3.05, 3.63) is 38.6 Å². The molecule has 0 unspecified atom stereocenters. The van der Waals surface area contributed by atoms with Crippen molar-refractivity contribution in [2.75, 3.05) is 4.72 Å². The zero-order valence-electron chi connectivity index (χ0n) is 9.92. The zero-order valence-corrected chi connectivity index (χ0v) is 13.1. The fourth-order valence-corrected chi connectivity index (χ4v) is 4.78. The predicted molar refractivity (Wildman–Crippen MR) is 77.7 cm³/mol. The Hall–Kier alpha value is -0.960. The van der Waals surface area contributed by atoms with Crippen LogP contribution in [-0.2, 0) is 16.6 Å². The standard InChI is InChI=1S/C11H11BrN2O3S2/c1-7-6-18-9(5-15)10(7)19(16,17)14-11-8(12)3-2-4-13-11/h2-4,6,15H,5H2,1H3,(H,13,14). The van der Waals surface area contributed by atoms with Crippen molar-refractivity contribution in [2.45, 2.75) is 18.4 Å². The molecule has 0 radical (unpaired) electrons. The van der Waals surface area contributed by atoms with E-state index in [4.69, 9.17) is 0 Å². The smallest absolute Gasteiger partial charge is 0.264 e. The van der Waals surface area contributed by atoms with Gasteiger partial charge in [-0.05, 0) is 45.9 Å². The summed E-state index contributed by atoms with van der Waals surface area (Å²) in [7, 11) is -3.76. The average Bonchev–Trinajstić information content (AvgIpc) is 2.74. The summed E-state index contributed by atoms with van der Waals surface area (Å²) in [6.07, 6.45) is 1.50. The summed E-state index contributed by atoms with van der Waals surface area (Å²) in [6, 6.07) is 3.38. The molecule has 2 aromatic heterocycles. The Balaban J connectivity index is 2.44. The van der Waals surface area contributed by atoms with Crippen molar-refractivity contribution in [1.82, 2.24) is 4.98 Å². The van der Waals surface area contributed by atoms with Crippen molar-refractivity contribution in [1.29, 1.82) is 0 Å². The van der Waals surface area contributed by atoms with Crippen LogP contribution in [0.3, 0.4) is 0 Å². The van der Waals surface area contributed by atoms with E-state index < -0.39 is 10.0 Å². The SMILES string of the molecule is Cc1csc(CO)c1S(=O)(=O)Nc1ncccc1Br. The lowest BCUT2D eigenvalue weighted by Gasteiger charge is -2.09. The first kappa shape index (κ1) is 14.4. The predicted octanol–water partition coefficient (Wildman–Crippen LogP) is 2.51. The van der Waals surface area contributed by atoms with Gasteiger partial charge in [-0.15, -0.1) is 11.3 Å². The molecule has 2 aromatic rings. The van der Waals surface area contributed by atoms with Crippen LogP contribution in [0.4, 0.5) is 5.82 Å². The van der Waals surface area contributed by atoms with Gasteiger partial charge in [0.25, 0.3) is 10.0 Å². The number of pyridine rings is 1. The highest BCUT2D eigenvalue weighted by molar-refractivity contribution is 9.10. The van der Waals surface area contributed by atoms with Crippen LogP contribution in [-0.4, -0.2) is 18.5 Å². The van der Waals surface area contributed by atoms with Crippen molar-refractivity contribution < 1.29 is 13.5 Å². The molecule has 5 nitrogen and oxygen atoms in total. The van der Waals surface area contributed by atoms with Gasteiger partial charge in [0.15, 0.2) is 5.82 Å². The van der Waals surface area contributed by atoms with Crippen molar-refractivity contribution in [3.63, 3.8) is 0 Å². The third-order valence-electron chi connectivity index (χ3n) is 2.39. The molecule has 0 aliphatic rings. The van der Waals surface area contributed by atoms with Gasteiger partial charge in [0.1, 0.15) is 4.90 Å². The Morgan fingerprint density at radius 3 is 2.89 bits per heavy atom. The monoisotopic (exact) mass is 362 g/mol. The number of anilines is 1. The van der Waals surface area contributed by atoms with Crippen LogP contribution in [0, 0.1) is 6.92 Å². The van der Waals surface area contributed by atoms with Gasteiger partial charge in [-0.2, -0.15) is 0 Å². The summed E-state index contributed by atoms with van der Waals surface area (Å²) in [5.41, 5.74) is 0.605. The molecule has 102 valence electrons. The third-order valence-corrected chi connectivity index (χ3v) is 5.82. The molecule has 0 saturated heterocycles. The van der Waals surface area contributed by atoms with Gasteiger partial charge in [-0.1, -0.05) is 0 Å². The molecular weight excluding hydrogens is 352 g/mol. The molecule has 0 atom stereocenters. The van der Waals surface area contributed by atoms with E-state index in [1.54, 1.807) is 24.4 Å². The van der Waals surface area contributed by atoms with Crippen LogP contribution in [0.15, 0.2) is 33.1 Å². The van der Waals surface area contributed by atoms with Crippen LogP contribution in [0.2, 0.25) is 0 Å². The highest BCUT2D eigenvalue weighted by Crippen LogP contribution is 2.29. The number of aliphatic hydroxyl groups excluding tert-OH is 1. The van der Waals surface area contributed by atoms with E-state index >= 15 is 0 Å². The largest absolute Gasteiger partial charge is 0.391 e. The molecule has 0 amide bonds. The van der Waals surface area contributed by atoms with Crippen LogP contribution in [0.1, 0.15) is 10.4 Å². The number of nitrogens with zero attached hydrogens (tertiary/aromatic N) is 1. The number of halogens is 1. The quantitative estimate of drug-likeness (QED) is 0.875. The molecule has 19 heavy (non-hydrogen) atoms. The number of aryl methyl sites for hydroxylation is 1. The van der Waals surface area contributed by atoms with E-state index in [1.807, 2.05) is 0 Å². The molecule has 2 N–H and O–H groups in total. The molecule has 0 aliphatic carbocycles. The number of aliphatic hydroxyl groups is 1. The van der Waals surface area contributed by atoms with Crippen LogP contribution in [0.5, 0.6) is 0 Å². The lowest BCUT2D eigenvalue weighted by atomic mass is 10.3. The first-order chi connectivity index (χ1) is 8.95. The van der Waals surface area contributed by atoms with E-state index in [-0.39, 0.29) is 17.3 Å². The van der Waals surface area contributed by atoms with Crippen LogP contribution < -0.4 is 4.72 Å². The van der Waals surface area contributed by atoms with Gasteiger partial charge in [-0.25, -0.2) is 13.4 Å². The van der Waals surface area contributed by atoms with Crippen molar-refractivity contribution in [2.24, 2.45) is 0 Å². The van der Waals surface area contributed by atoms with Crippen molar-refractivity contribution >= 4 is 43.1 Å². The molecule has 0 aromatic carbocycles. The first-order valence-corrected chi connectivity index (χ1v) is 8.42. The van der Waals surface area contributed by atoms with Gasteiger partial charge in [-0.3, -0.25) is 4.72 Å². The number of aromatic nitrogens is 1. The normalized spacial score (nSPS) is 11.5. The third kappa shape index (κ3) is 2.97. The number of thiophene rings is 1. The second kappa shape index (κ2) is 5.58. The second-order valence-corrected chi connectivity index (χ2v) is 7.21. The van der Waals surface area contributed by atoms with E-state index in [2.05, 4.69) is 25.6 Å². The Labute approximate surface area is 123 Å². The number of nitrogens with one attached hydrogen (secondary N) is 1. The topological polar surface area (TPSA) is 79.3 Å². The number of sulfonamides is 1. The molecule has 0 spiro atoms. The Morgan fingerprint density at radius 2 is 2.26 bits per heavy atom. The van der Waals surface area contributed by atoms with Gasteiger partial charge in [0.2, 0.25) is 0 Å². The second-order valence-electron chi connectivity index (χ2n) is 3.77. The summed E-state index contributed by atoms with van der Waals surface area (Å²) in [5.74, 6) is 0.219. The molecule has 0 aliphatic heterocycles. The van der Waals surface area contributed by atoms with Crippen molar-refractivity contribution in [3.8, 4) is 0 Å². The van der Waals surface area contributed by atoms with Gasteiger partial charge in [0.05, 0.1) is 16.0 Å². The van der Waals surface area contributed by atoms with E-state index in [9.17, 15) is 13.5 Å². The summed E-state index contributed by atoms with van der Waals surface area (Å²) in [6.45, 7) is 1.38. The fraction of sp³-hybridized carbons (Fsp3) is 0.182. The summed E-state index contributed by atoms with van der Waals surface area (Å²) >= 11 is 4.45. The maximum absolute atomic E-state index is 12.3. The number of hydrogen-bond acceptors (Lipinski definition) is 5. The fourth-order valence-electron chi connectivity index (χ4n) is 1.60. The highest BCUT2D eigenvalue weighted by Gasteiger charge is 2.23. The minimum absolute atomic E-state index is 0.123. The maximum Gasteiger partial charge on any atom is 0.264 e. The molecule has 0 fully saturated rings. The minimum atomic E-state index is -3.76. The molecule has 8 heteroatoms. The maximum atomic E-state index is 12.3. The molecular formula is C11H11BrN2O3S2. The Bertz CT molecular complexity index is 698. The Kier molecular flexibility index (Phi) is 4.24. The first-order valence-electron chi connectivity index (χ1n) is 5.27. The molecule has 2 heterocycles. The number of rotatable bonds is 4. The minimum Gasteiger partial charge on any atom is -0.391 e. The van der Waals surface area contributed by atoms with E-state index in [0.717, 1.165) is 0 Å². The molecule has 0 bridgehead atoms. The lowest BCUT2D eigenvalue weighted by Crippen LogP contribution is -2.16. The zero-order chi connectivity index (χ0) is 14.0.